The summed E-state index contributed by atoms with van der Waals surface area (Å²) in [5, 5.41) is 16.0. The van der Waals surface area contributed by atoms with E-state index < -0.39 is 0 Å². The Balaban J connectivity index is 2.04. The summed E-state index contributed by atoms with van der Waals surface area (Å²) in [6.07, 6.45) is 3.15. The average molecular weight is 472 g/mol. The quantitative estimate of drug-likeness (QED) is 0.315. The number of hydrogen-bond donors (Lipinski definition) is 5. The first-order valence-electron chi connectivity index (χ1n) is 10.6. The molecule has 0 saturated heterocycles. The first-order valence-corrected chi connectivity index (χ1v) is 11.0. The Morgan fingerprint density at radius 3 is 2.58 bits per heavy atom. The number of nitrogens with two attached hydrogens (primary N) is 2. The first-order chi connectivity index (χ1) is 15.8. The highest BCUT2D eigenvalue weighted by atomic mass is 35.5. The first kappa shape index (κ1) is 24.5. The molecule has 2 aromatic heterocycles. The second-order valence-corrected chi connectivity index (χ2v) is 8.15. The van der Waals surface area contributed by atoms with Crippen molar-refractivity contribution in [1.82, 2.24) is 15.0 Å². The fourth-order valence-electron chi connectivity index (χ4n) is 3.72. The molecule has 0 bridgehead atoms. The number of halogens is 1. The molecule has 3 rings (SSSR count). The Labute approximate surface area is 198 Å². The molecule has 0 spiro atoms. The number of aliphatic hydroxyl groups is 1. The van der Waals surface area contributed by atoms with Crippen LogP contribution >= 0.6 is 11.6 Å². The van der Waals surface area contributed by atoms with E-state index >= 15 is 0 Å². The number of aromatic nitrogens is 3. The van der Waals surface area contributed by atoms with E-state index in [0.717, 1.165) is 22.3 Å². The van der Waals surface area contributed by atoms with Gasteiger partial charge in [0.1, 0.15) is 29.5 Å². The number of benzene rings is 1. The number of methoxy groups -OCH3 is 1. The third-order valence-corrected chi connectivity index (χ3v) is 5.76. The molecular formula is C23H30ClN7O2. The summed E-state index contributed by atoms with van der Waals surface area (Å²) in [4.78, 5) is 12.8. The third kappa shape index (κ3) is 5.27. The molecule has 7 N–H and O–H groups in total. The topological polar surface area (TPSA) is 144 Å². The molecule has 2 atom stereocenters. The van der Waals surface area contributed by atoms with Crippen LogP contribution in [0.4, 0.5) is 17.5 Å². The van der Waals surface area contributed by atoms with E-state index in [1.807, 2.05) is 39.0 Å². The van der Waals surface area contributed by atoms with Crippen molar-refractivity contribution in [2.24, 2.45) is 5.73 Å². The van der Waals surface area contributed by atoms with Crippen molar-refractivity contribution in [1.29, 1.82) is 0 Å². The fraction of sp³-hybridized carbons (Fsp3) is 0.348. The van der Waals surface area contributed by atoms with Gasteiger partial charge in [-0.1, -0.05) is 11.6 Å². The highest BCUT2D eigenvalue weighted by Crippen LogP contribution is 2.43. The minimum Gasteiger partial charge on any atom is -0.496 e. The van der Waals surface area contributed by atoms with Gasteiger partial charge in [-0.25, -0.2) is 15.0 Å². The number of hydrogen-bond acceptors (Lipinski definition) is 9. The second-order valence-electron chi connectivity index (χ2n) is 7.74. The van der Waals surface area contributed by atoms with Gasteiger partial charge in [-0.2, -0.15) is 0 Å². The van der Waals surface area contributed by atoms with Crippen LogP contribution in [0.1, 0.15) is 42.6 Å². The van der Waals surface area contributed by atoms with Crippen LogP contribution in [0.5, 0.6) is 5.75 Å². The summed E-state index contributed by atoms with van der Waals surface area (Å²) in [6.45, 7) is 6.21. The Bertz CT molecular complexity index is 1110. The lowest BCUT2D eigenvalue weighted by atomic mass is 9.94. The van der Waals surface area contributed by atoms with Gasteiger partial charge in [0.05, 0.1) is 25.3 Å². The number of nitrogen functional groups attached to an aromatic ring is 1. The zero-order valence-electron chi connectivity index (χ0n) is 19.2. The number of anilines is 3. The van der Waals surface area contributed by atoms with Crippen molar-refractivity contribution in [3.05, 3.63) is 52.4 Å². The van der Waals surface area contributed by atoms with E-state index in [2.05, 4.69) is 25.6 Å². The number of rotatable bonds is 9. The number of aliphatic hydroxyl groups excluding tert-OH is 1. The van der Waals surface area contributed by atoms with Crippen molar-refractivity contribution in [3.8, 4) is 16.9 Å². The lowest BCUT2D eigenvalue weighted by molar-refractivity contribution is 0.311. The summed E-state index contributed by atoms with van der Waals surface area (Å²) >= 11 is 6.64. The van der Waals surface area contributed by atoms with Crippen LogP contribution in [-0.2, 0) is 0 Å². The molecule has 0 aliphatic rings. The molecular weight excluding hydrogens is 442 g/mol. The lowest BCUT2D eigenvalue weighted by Gasteiger charge is -2.24. The average Bonchev–Trinajstić information content (AvgIpc) is 2.79. The zero-order chi connectivity index (χ0) is 24.1. The van der Waals surface area contributed by atoms with Gasteiger partial charge in [0.2, 0.25) is 0 Å². The molecule has 0 radical (unpaired) electrons. The molecule has 1 aromatic carbocycles. The van der Waals surface area contributed by atoms with Crippen LogP contribution < -0.4 is 26.8 Å². The number of pyridine rings is 1. The van der Waals surface area contributed by atoms with Crippen molar-refractivity contribution >= 4 is 29.1 Å². The van der Waals surface area contributed by atoms with Crippen molar-refractivity contribution in [2.75, 3.05) is 36.6 Å². The molecule has 0 saturated carbocycles. The van der Waals surface area contributed by atoms with Crippen LogP contribution in [0.2, 0.25) is 5.02 Å². The van der Waals surface area contributed by atoms with Gasteiger partial charge in [0.25, 0.3) is 0 Å². The summed E-state index contributed by atoms with van der Waals surface area (Å²) in [5.41, 5.74) is 16.2. The lowest BCUT2D eigenvalue weighted by Crippen LogP contribution is -2.17. The van der Waals surface area contributed by atoms with E-state index in [0.29, 0.717) is 40.3 Å². The molecule has 9 nitrogen and oxygen atoms in total. The maximum Gasteiger partial charge on any atom is 0.136 e. The predicted molar refractivity (Wildman–Crippen MR) is 133 cm³/mol. The molecule has 3 aromatic rings. The van der Waals surface area contributed by atoms with Gasteiger partial charge < -0.3 is 31.9 Å². The summed E-state index contributed by atoms with van der Waals surface area (Å²) in [7, 11) is 1.63. The van der Waals surface area contributed by atoms with Gasteiger partial charge in [-0.05, 0) is 44.5 Å². The summed E-state index contributed by atoms with van der Waals surface area (Å²) < 4.78 is 5.86. The SMILES string of the molecule is COc1c(C(C)Nc2ncnc(N)c2C(C)N)cc(Cl)c(C)c1-c1ccc(NCCO)nc1. The maximum atomic E-state index is 9.00. The number of ether oxygens (including phenoxy) is 1. The van der Waals surface area contributed by atoms with E-state index in [-0.39, 0.29) is 18.7 Å². The van der Waals surface area contributed by atoms with Crippen molar-refractivity contribution in [3.63, 3.8) is 0 Å². The Hall–Kier alpha value is -3.14. The normalized spacial score (nSPS) is 12.8. The molecule has 10 heteroatoms. The Kier molecular flexibility index (Phi) is 7.91. The Morgan fingerprint density at radius 1 is 1.21 bits per heavy atom. The van der Waals surface area contributed by atoms with Crippen LogP contribution in [0.25, 0.3) is 11.1 Å². The molecule has 176 valence electrons. The molecule has 0 aliphatic heterocycles. The molecule has 2 heterocycles. The number of nitrogens with one attached hydrogen (secondary N) is 2. The second kappa shape index (κ2) is 10.7. The molecule has 33 heavy (non-hydrogen) atoms. The van der Waals surface area contributed by atoms with Gasteiger partial charge in [0, 0.05) is 40.5 Å². The van der Waals surface area contributed by atoms with E-state index in [1.54, 1.807) is 13.3 Å². The highest BCUT2D eigenvalue weighted by Gasteiger charge is 2.23. The predicted octanol–water partition coefficient (Wildman–Crippen LogP) is 3.69. The van der Waals surface area contributed by atoms with Crippen LogP contribution in [0.15, 0.2) is 30.7 Å². The molecule has 0 fully saturated rings. The van der Waals surface area contributed by atoms with E-state index in [1.165, 1.54) is 6.33 Å². The summed E-state index contributed by atoms with van der Waals surface area (Å²) in [5.74, 6) is 2.25. The zero-order valence-corrected chi connectivity index (χ0v) is 19.9. The van der Waals surface area contributed by atoms with Gasteiger partial charge in [-0.3, -0.25) is 0 Å². The van der Waals surface area contributed by atoms with E-state index in [4.69, 9.17) is 32.9 Å². The fourth-order valence-corrected chi connectivity index (χ4v) is 3.93. The van der Waals surface area contributed by atoms with Gasteiger partial charge >= 0.3 is 0 Å². The highest BCUT2D eigenvalue weighted by molar-refractivity contribution is 6.32. The van der Waals surface area contributed by atoms with Gasteiger partial charge in [-0.15, -0.1) is 0 Å². The summed E-state index contributed by atoms with van der Waals surface area (Å²) in [6, 6.07) is 5.10. The molecule has 2 unspecified atom stereocenters. The Morgan fingerprint density at radius 2 is 1.97 bits per heavy atom. The van der Waals surface area contributed by atoms with Gasteiger partial charge in [0.15, 0.2) is 0 Å². The van der Waals surface area contributed by atoms with Crippen LogP contribution in [0.3, 0.4) is 0 Å². The monoisotopic (exact) mass is 471 g/mol. The number of nitrogens with zero attached hydrogens (tertiary/aromatic N) is 3. The van der Waals surface area contributed by atoms with Crippen LogP contribution in [0, 0.1) is 6.92 Å². The van der Waals surface area contributed by atoms with Crippen molar-refractivity contribution < 1.29 is 9.84 Å². The minimum absolute atomic E-state index is 0.0293. The standard InChI is InChI=1S/C23H30ClN7O2/c1-12-17(24)9-16(14(3)31-23-20(13(2)25)22(26)29-11-30-23)21(33-4)19(12)15-5-6-18(28-10-15)27-7-8-32/h5-6,9-11,13-14,32H,7-8,25H2,1-4H3,(H,27,28)(H3,26,29,30,31). The molecule has 0 amide bonds. The van der Waals surface area contributed by atoms with Crippen molar-refractivity contribution in [2.45, 2.75) is 32.9 Å². The third-order valence-electron chi connectivity index (χ3n) is 5.37. The largest absolute Gasteiger partial charge is 0.496 e. The minimum atomic E-state index is -0.344. The van der Waals surface area contributed by atoms with Crippen LogP contribution in [-0.4, -0.2) is 40.3 Å². The molecule has 0 aliphatic carbocycles. The smallest absolute Gasteiger partial charge is 0.136 e. The van der Waals surface area contributed by atoms with E-state index in [9.17, 15) is 0 Å². The maximum absolute atomic E-state index is 9.00.